The zero-order chi connectivity index (χ0) is 23.3. The molecule has 0 bridgehead atoms. The van der Waals surface area contributed by atoms with Crippen molar-refractivity contribution in [1.82, 2.24) is 0 Å². The average Bonchev–Trinajstić information content (AvgIpc) is 2.83. The van der Waals surface area contributed by atoms with Gasteiger partial charge in [0.2, 0.25) is 0 Å². The summed E-state index contributed by atoms with van der Waals surface area (Å²) in [5.74, 6) is 1.54. The molecule has 0 aliphatic heterocycles. The van der Waals surface area contributed by atoms with Crippen molar-refractivity contribution >= 4 is 30.2 Å². The van der Waals surface area contributed by atoms with E-state index in [0.717, 1.165) is 44.6 Å². The molecule has 5 nitrogen and oxygen atoms in total. The van der Waals surface area contributed by atoms with Crippen LogP contribution in [0.15, 0.2) is 32.7 Å². The topological polar surface area (TPSA) is 54.0 Å². The van der Waals surface area contributed by atoms with Crippen LogP contribution in [0.3, 0.4) is 0 Å². The van der Waals surface area contributed by atoms with Crippen LogP contribution in [0.4, 0.5) is 0 Å². The lowest BCUT2D eigenvalue weighted by Gasteiger charge is -2.20. The lowest BCUT2D eigenvalue weighted by molar-refractivity contribution is 0.300. The average molecular weight is 449 g/mol. The highest BCUT2D eigenvalue weighted by atomic mass is 31.1. The summed E-state index contributed by atoms with van der Waals surface area (Å²) in [4.78, 5) is 0. The van der Waals surface area contributed by atoms with Crippen LogP contribution < -0.4 is 14.0 Å². The van der Waals surface area contributed by atoms with Gasteiger partial charge in [-0.05, 0) is 56.0 Å². The van der Waals surface area contributed by atoms with Crippen LogP contribution >= 0.6 is 8.24 Å². The molecule has 1 aromatic heterocycles. The van der Waals surface area contributed by atoms with E-state index < -0.39 is 8.24 Å². The molecule has 1 unspecified atom stereocenters. The maximum atomic E-state index is 6.36. The van der Waals surface area contributed by atoms with E-state index in [9.17, 15) is 0 Å². The van der Waals surface area contributed by atoms with E-state index in [-0.39, 0.29) is 11.5 Å². The summed E-state index contributed by atoms with van der Waals surface area (Å²) < 4.78 is 29.7. The fourth-order valence-electron chi connectivity index (χ4n) is 3.14. The minimum atomic E-state index is -1.60. The minimum absolute atomic E-state index is 0.0222. The molecule has 0 N–H and O–H groups in total. The molecule has 0 radical (unpaired) electrons. The molecule has 6 heteroatoms. The van der Waals surface area contributed by atoms with Crippen LogP contribution in [-0.4, -0.2) is 20.3 Å². The Morgan fingerprint density at radius 1 is 0.871 bits per heavy atom. The number of hydrogen-bond donors (Lipinski definition) is 0. The number of benzene rings is 2. The van der Waals surface area contributed by atoms with Crippen molar-refractivity contribution in [1.29, 1.82) is 0 Å². The SMILES string of the molecule is CCC.COc1cc(C)c2op(OC(C)C)oc3c(C(C)(C)C)cc(OC)cc3c2c1. The van der Waals surface area contributed by atoms with Crippen LogP contribution in [0.1, 0.15) is 66.0 Å². The number of fused-ring (bicyclic) bond motifs is 3. The first kappa shape index (κ1) is 25.2. The molecule has 172 valence electrons. The Balaban J connectivity index is 0.00000107. The van der Waals surface area contributed by atoms with Crippen molar-refractivity contribution in [3.63, 3.8) is 0 Å². The van der Waals surface area contributed by atoms with Crippen molar-refractivity contribution in [2.24, 2.45) is 0 Å². The molecule has 0 saturated carbocycles. The monoisotopic (exact) mass is 448 g/mol. The quantitative estimate of drug-likeness (QED) is 0.403. The lowest BCUT2D eigenvalue weighted by atomic mass is 9.85. The van der Waals surface area contributed by atoms with E-state index in [1.807, 2.05) is 45.0 Å². The lowest BCUT2D eigenvalue weighted by Crippen LogP contribution is -2.11. The second-order valence-electron chi connectivity index (χ2n) is 8.89. The Morgan fingerprint density at radius 2 is 1.35 bits per heavy atom. The van der Waals surface area contributed by atoms with Crippen molar-refractivity contribution in [3.05, 3.63) is 35.4 Å². The summed E-state index contributed by atoms with van der Waals surface area (Å²) in [5.41, 5.74) is 3.37. The Hall–Kier alpha value is -2.10. The summed E-state index contributed by atoms with van der Waals surface area (Å²) in [7, 11) is 1.74. The van der Waals surface area contributed by atoms with E-state index in [1.54, 1.807) is 14.2 Å². The van der Waals surface area contributed by atoms with Crippen molar-refractivity contribution in [2.45, 2.75) is 73.3 Å². The standard InChI is InChI=1S/C22H29O5P.C3H8/c1-13(2)25-28-26-20-14(3)9-15(23-7)10-17(20)18-11-16(24-8)12-19(21(18)27-28)22(4,5)6;1-3-2/h9-13H,1-8H3;3H2,1-2H3. The molecular formula is C25H37O5P. The summed E-state index contributed by atoms with van der Waals surface area (Å²) in [6.07, 6.45) is 1.23. The van der Waals surface area contributed by atoms with Crippen molar-refractivity contribution in [2.75, 3.05) is 14.2 Å². The van der Waals surface area contributed by atoms with E-state index >= 15 is 0 Å². The molecule has 0 fully saturated rings. The van der Waals surface area contributed by atoms with Crippen LogP contribution in [0, 0.1) is 6.92 Å². The molecule has 0 aliphatic carbocycles. The van der Waals surface area contributed by atoms with Gasteiger partial charge >= 0.3 is 8.24 Å². The maximum absolute atomic E-state index is 6.36. The van der Waals surface area contributed by atoms with E-state index in [4.69, 9.17) is 22.4 Å². The van der Waals surface area contributed by atoms with Crippen molar-refractivity contribution < 1.29 is 22.4 Å². The van der Waals surface area contributed by atoms with Gasteiger partial charge < -0.3 is 17.9 Å². The van der Waals surface area contributed by atoms with Gasteiger partial charge in [-0.15, -0.1) is 0 Å². The van der Waals surface area contributed by atoms with Gasteiger partial charge in [-0.3, -0.25) is 4.52 Å². The zero-order valence-electron chi connectivity index (χ0n) is 20.6. The third kappa shape index (κ3) is 5.99. The van der Waals surface area contributed by atoms with E-state index in [0.29, 0.717) is 0 Å². The van der Waals surface area contributed by atoms with Crippen LogP contribution in [0.25, 0.3) is 21.9 Å². The Kier molecular flexibility index (Phi) is 8.50. The Labute approximate surface area is 187 Å². The third-order valence-corrected chi connectivity index (χ3v) is 5.77. The normalized spacial score (nSPS) is 12.0. The number of hydrogen-bond acceptors (Lipinski definition) is 5. The number of rotatable bonds is 4. The molecule has 3 aromatic rings. The predicted octanol–water partition coefficient (Wildman–Crippen LogP) is 8.17. The minimum Gasteiger partial charge on any atom is -0.497 e. The van der Waals surface area contributed by atoms with Crippen LogP contribution in [-0.2, 0) is 5.41 Å². The van der Waals surface area contributed by atoms with Gasteiger partial charge in [0.15, 0.2) is 0 Å². The largest absolute Gasteiger partial charge is 0.497 e. The highest BCUT2D eigenvalue weighted by Crippen LogP contribution is 2.42. The number of ether oxygens (including phenoxy) is 2. The molecule has 31 heavy (non-hydrogen) atoms. The third-order valence-electron chi connectivity index (χ3n) is 4.51. The van der Waals surface area contributed by atoms with Gasteiger partial charge in [-0.2, -0.15) is 0 Å². The van der Waals surface area contributed by atoms with Crippen molar-refractivity contribution in [3.8, 4) is 11.5 Å². The Morgan fingerprint density at radius 3 is 1.84 bits per heavy atom. The number of methoxy groups -OCH3 is 2. The fraction of sp³-hybridized carbons (Fsp3) is 0.520. The Bertz CT molecular complexity index is 1060. The smallest absolute Gasteiger partial charge is 0.387 e. The predicted molar refractivity (Wildman–Crippen MR) is 131 cm³/mol. The molecule has 2 aromatic carbocycles. The maximum Gasteiger partial charge on any atom is 0.387 e. The highest BCUT2D eigenvalue weighted by molar-refractivity contribution is 7.31. The van der Waals surface area contributed by atoms with Gasteiger partial charge in [-0.1, -0.05) is 41.0 Å². The molecular weight excluding hydrogens is 411 g/mol. The van der Waals surface area contributed by atoms with Gasteiger partial charge in [0.25, 0.3) is 0 Å². The van der Waals surface area contributed by atoms with Gasteiger partial charge in [0.05, 0.1) is 20.3 Å². The fourth-order valence-corrected chi connectivity index (χ4v) is 4.34. The second-order valence-corrected chi connectivity index (χ2v) is 9.91. The molecule has 1 atom stereocenters. The molecule has 0 saturated heterocycles. The zero-order valence-corrected chi connectivity index (χ0v) is 21.5. The summed E-state index contributed by atoms with van der Waals surface area (Å²) >= 11 is 0. The first-order valence-corrected chi connectivity index (χ1v) is 11.9. The first-order valence-electron chi connectivity index (χ1n) is 10.8. The summed E-state index contributed by atoms with van der Waals surface area (Å²) in [6.45, 7) is 16.7. The molecule has 3 rings (SSSR count). The van der Waals surface area contributed by atoms with E-state index in [2.05, 4.69) is 34.6 Å². The highest BCUT2D eigenvalue weighted by Gasteiger charge is 2.23. The second kappa shape index (κ2) is 10.5. The summed E-state index contributed by atoms with van der Waals surface area (Å²) in [5, 5.41) is 1.83. The van der Waals surface area contributed by atoms with Crippen LogP contribution in [0.2, 0.25) is 0 Å². The van der Waals surface area contributed by atoms with Gasteiger partial charge in [0.1, 0.15) is 22.7 Å². The van der Waals surface area contributed by atoms with Crippen LogP contribution in [0.5, 0.6) is 11.5 Å². The van der Waals surface area contributed by atoms with Gasteiger partial charge in [-0.25, -0.2) is 0 Å². The van der Waals surface area contributed by atoms with E-state index in [1.165, 1.54) is 6.42 Å². The van der Waals surface area contributed by atoms with Gasteiger partial charge in [0, 0.05) is 16.3 Å². The molecule has 0 spiro atoms. The number of aryl methyl sites for hydroxylation is 1. The molecule has 0 aliphatic rings. The first-order chi connectivity index (χ1) is 14.5. The molecule has 0 amide bonds. The molecule has 1 heterocycles. The summed E-state index contributed by atoms with van der Waals surface area (Å²) in [6, 6.07) is 7.95.